The van der Waals surface area contributed by atoms with Gasteiger partial charge in [-0.3, -0.25) is 14.5 Å². The maximum absolute atomic E-state index is 14.0. The zero-order chi connectivity index (χ0) is 18.1. The van der Waals surface area contributed by atoms with Crippen LogP contribution in [-0.2, 0) is 0 Å². The molecule has 0 saturated heterocycles. The van der Waals surface area contributed by atoms with Gasteiger partial charge in [0.25, 0.3) is 11.5 Å². The predicted octanol–water partition coefficient (Wildman–Crippen LogP) is 2.79. The van der Waals surface area contributed by atoms with Crippen LogP contribution in [0.15, 0.2) is 47.4 Å². The Labute approximate surface area is 143 Å². The lowest BCUT2D eigenvalue weighted by atomic mass is 10.1. The molecule has 1 amide bonds. The number of anilines is 1. The fourth-order valence-corrected chi connectivity index (χ4v) is 2.59. The Hall–Kier alpha value is -3.09. The van der Waals surface area contributed by atoms with Crippen LogP contribution in [-0.4, -0.2) is 27.7 Å². The fourth-order valence-electron chi connectivity index (χ4n) is 2.59. The summed E-state index contributed by atoms with van der Waals surface area (Å²) in [6, 6.07) is 9.21. The molecule has 0 bridgehead atoms. The van der Waals surface area contributed by atoms with Crippen LogP contribution in [0.25, 0.3) is 10.8 Å². The smallest absolute Gasteiger partial charge is 0.280 e. The molecular weight excluding hydrogens is 323 g/mol. The quantitative estimate of drug-likeness (QED) is 0.735. The van der Waals surface area contributed by atoms with Crippen molar-refractivity contribution in [1.29, 1.82) is 0 Å². The van der Waals surface area contributed by atoms with E-state index in [0.29, 0.717) is 10.8 Å². The number of hydrogen-bond acceptors (Lipinski definition) is 4. The van der Waals surface area contributed by atoms with Gasteiger partial charge >= 0.3 is 0 Å². The molecule has 2 aromatic heterocycles. The first-order valence-corrected chi connectivity index (χ1v) is 7.82. The van der Waals surface area contributed by atoms with E-state index in [1.807, 2.05) is 0 Å². The molecule has 0 aliphatic heterocycles. The standard InChI is InChI=1S/C18H17FN4O2/c1-11(2)23-17(24)13-8-5-4-7-12(13)15(21-23)18(25)22(3)16-14(19)9-6-10-20-16/h4-11H,1-3H3. The van der Waals surface area contributed by atoms with E-state index in [9.17, 15) is 14.0 Å². The second-order valence-electron chi connectivity index (χ2n) is 5.91. The number of carbonyl (C=O) groups excluding carboxylic acids is 1. The van der Waals surface area contributed by atoms with Gasteiger partial charge in [0.2, 0.25) is 0 Å². The van der Waals surface area contributed by atoms with Crippen molar-refractivity contribution in [2.24, 2.45) is 0 Å². The van der Waals surface area contributed by atoms with Gasteiger partial charge in [0.15, 0.2) is 17.3 Å². The molecule has 0 fully saturated rings. The molecule has 25 heavy (non-hydrogen) atoms. The van der Waals surface area contributed by atoms with Crippen molar-refractivity contribution >= 4 is 22.5 Å². The van der Waals surface area contributed by atoms with Crippen LogP contribution in [0.1, 0.15) is 30.4 Å². The summed E-state index contributed by atoms with van der Waals surface area (Å²) >= 11 is 0. The molecule has 2 heterocycles. The zero-order valence-electron chi connectivity index (χ0n) is 14.1. The first-order valence-electron chi connectivity index (χ1n) is 7.82. The molecule has 0 radical (unpaired) electrons. The number of fused-ring (bicyclic) bond motifs is 1. The van der Waals surface area contributed by atoms with Gasteiger partial charge in [0, 0.05) is 18.6 Å². The Balaban J connectivity index is 2.21. The summed E-state index contributed by atoms with van der Waals surface area (Å²) in [6.07, 6.45) is 1.41. The lowest BCUT2D eigenvalue weighted by molar-refractivity contribution is 0.0986. The normalized spacial score (nSPS) is 11.1. The van der Waals surface area contributed by atoms with Crippen LogP contribution >= 0.6 is 0 Å². The number of halogens is 1. The van der Waals surface area contributed by atoms with Crippen LogP contribution in [0.2, 0.25) is 0 Å². The molecule has 0 saturated carbocycles. The topological polar surface area (TPSA) is 68.1 Å². The van der Waals surface area contributed by atoms with Crippen LogP contribution in [0, 0.1) is 5.82 Å². The van der Waals surface area contributed by atoms with E-state index in [-0.39, 0.29) is 23.1 Å². The SMILES string of the molecule is CC(C)n1nc(C(=O)N(C)c2ncccc2F)c2ccccc2c1=O. The summed E-state index contributed by atoms with van der Waals surface area (Å²) < 4.78 is 15.2. The highest BCUT2D eigenvalue weighted by Gasteiger charge is 2.23. The van der Waals surface area contributed by atoms with Crippen LogP contribution in [0.3, 0.4) is 0 Å². The molecule has 0 aliphatic rings. The number of amides is 1. The van der Waals surface area contributed by atoms with Crippen molar-refractivity contribution < 1.29 is 9.18 Å². The van der Waals surface area contributed by atoms with Gasteiger partial charge in [-0.1, -0.05) is 18.2 Å². The van der Waals surface area contributed by atoms with E-state index in [2.05, 4.69) is 10.1 Å². The van der Waals surface area contributed by atoms with Gasteiger partial charge in [-0.05, 0) is 32.0 Å². The van der Waals surface area contributed by atoms with Crippen molar-refractivity contribution in [3.63, 3.8) is 0 Å². The molecule has 0 N–H and O–H groups in total. The second kappa shape index (κ2) is 6.43. The van der Waals surface area contributed by atoms with Crippen molar-refractivity contribution in [2.75, 3.05) is 11.9 Å². The third-order valence-electron chi connectivity index (χ3n) is 3.88. The van der Waals surface area contributed by atoms with E-state index < -0.39 is 11.7 Å². The number of carbonyl (C=O) groups is 1. The monoisotopic (exact) mass is 340 g/mol. The molecule has 0 atom stereocenters. The van der Waals surface area contributed by atoms with Gasteiger partial charge in [0.1, 0.15) is 0 Å². The third-order valence-corrected chi connectivity index (χ3v) is 3.88. The maximum Gasteiger partial charge on any atom is 0.280 e. The summed E-state index contributed by atoms with van der Waals surface area (Å²) in [5, 5.41) is 5.06. The van der Waals surface area contributed by atoms with Crippen LogP contribution in [0.4, 0.5) is 10.2 Å². The summed E-state index contributed by atoms with van der Waals surface area (Å²) in [5.74, 6) is -1.25. The number of benzene rings is 1. The Bertz CT molecular complexity index is 1010. The van der Waals surface area contributed by atoms with E-state index in [0.717, 1.165) is 4.90 Å². The van der Waals surface area contributed by atoms with Gasteiger partial charge < -0.3 is 0 Å². The average Bonchev–Trinajstić information content (AvgIpc) is 2.61. The average molecular weight is 340 g/mol. The third kappa shape index (κ3) is 2.88. The number of pyridine rings is 1. The fraction of sp³-hybridized carbons (Fsp3) is 0.222. The number of hydrogen-bond donors (Lipinski definition) is 0. The van der Waals surface area contributed by atoms with Gasteiger partial charge in [-0.15, -0.1) is 0 Å². The Kier molecular flexibility index (Phi) is 4.31. The van der Waals surface area contributed by atoms with Gasteiger partial charge in [-0.2, -0.15) is 5.10 Å². The molecule has 3 aromatic rings. The first kappa shape index (κ1) is 16.8. The molecule has 6 nitrogen and oxygen atoms in total. The Morgan fingerprint density at radius 2 is 1.84 bits per heavy atom. The van der Waals surface area contributed by atoms with E-state index >= 15 is 0 Å². The van der Waals surface area contributed by atoms with Crippen molar-refractivity contribution in [3.05, 3.63) is 64.5 Å². The van der Waals surface area contributed by atoms with E-state index in [1.165, 1.54) is 30.1 Å². The predicted molar refractivity (Wildman–Crippen MR) is 93.3 cm³/mol. The minimum atomic E-state index is -0.611. The maximum atomic E-state index is 14.0. The molecule has 7 heteroatoms. The zero-order valence-corrected chi connectivity index (χ0v) is 14.1. The lowest BCUT2D eigenvalue weighted by Gasteiger charge is -2.18. The molecule has 3 rings (SSSR count). The highest BCUT2D eigenvalue weighted by Crippen LogP contribution is 2.20. The number of aromatic nitrogens is 3. The molecular formula is C18H17FN4O2. The largest absolute Gasteiger partial charge is 0.292 e. The van der Waals surface area contributed by atoms with Crippen molar-refractivity contribution in [1.82, 2.24) is 14.8 Å². The second-order valence-corrected chi connectivity index (χ2v) is 5.91. The van der Waals surface area contributed by atoms with Gasteiger partial charge in [-0.25, -0.2) is 14.1 Å². The van der Waals surface area contributed by atoms with Crippen LogP contribution < -0.4 is 10.5 Å². The van der Waals surface area contributed by atoms with E-state index in [4.69, 9.17) is 0 Å². The number of nitrogens with zero attached hydrogens (tertiary/aromatic N) is 4. The minimum absolute atomic E-state index is 0.0800. The first-order chi connectivity index (χ1) is 11.9. The summed E-state index contributed by atoms with van der Waals surface area (Å²) in [7, 11) is 1.43. The summed E-state index contributed by atoms with van der Waals surface area (Å²) in [6.45, 7) is 3.61. The summed E-state index contributed by atoms with van der Waals surface area (Å²) in [5.41, 5.74) is -0.190. The van der Waals surface area contributed by atoms with Crippen molar-refractivity contribution in [2.45, 2.75) is 19.9 Å². The van der Waals surface area contributed by atoms with Crippen molar-refractivity contribution in [3.8, 4) is 0 Å². The Morgan fingerprint density at radius 1 is 1.16 bits per heavy atom. The minimum Gasteiger partial charge on any atom is -0.292 e. The Morgan fingerprint density at radius 3 is 2.48 bits per heavy atom. The van der Waals surface area contributed by atoms with Crippen LogP contribution in [0.5, 0.6) is 0 Å². The highest BCUT2D eigenvalue weighted by atomic mass is 19.1. The molecule has 0 spiro atoms. The highest BCUT2D eigenvalue weighted by molar-refractivity contribution is 6.11. The molecule has 128 valence electrons. The molecule has 0 unspecified atom stereocenters. The molecule has 1 aromatic carbocycles. The summed E-state index contributed by atoms with van der Waals surface area (Å²) in [4.78, 5) is 30.5. The number of rotatable bonds is 3. The van der Waals surface area contributed by atoms with E-state index in [1.54, 1.807) is 38.1 Å². The molecule has 0 aliphatic carbocycles. The van der Waals surface area contributed by atoms with Gasteiger partial charge in [0.05, 0.1) is 11.4 Å². The lowest BCUT2D eigenvalue weighted by Crippen LogP contribution is -2.33.